The first-order valence-corrected chi connectivity index (χ1v) is 5.76. The molecular weight excluding hydrogens is 248 g/mol. The zero-order valence-corrected chi connectivity index (χ0v) is 11.2. The van der Waals surface area contributed by atoms with E-state index in [0.29, 0.717) is 11.4 Å². The predicted molar refractivity (Wildman–Crippen MR) is 70.9 cm³/mol. The lowest BCUT2D eigenvalue weighted by Gasteiger charge is -2.22. The Labute approximate surface area is 111 Å². The number of methoxy groups -OCH3 is 1. The first-order chi connectivity index (χ1) is 8.88. The summed E-state index contributed by atoms with van der Waals surface area (Å²) in [6.45, 7) is 2.97. The van der Waals surface area contributed by atoms with Crippen molar-refractivity contribution < 1.29 is 19.4 Å². The molecule has 0 atom stereocenters. The third-order valence-corrected chi connectivity index (χ3v) is 2.38. The van der Waals surface area contributed by atoms with Gasteiger partial charge in [0.05, 0.1) is 19.3 Å². The van der Waals surface area contributed by atoms with E-state index in [4.69, 9.17) is 9.84 Å². The zero-order chi connectivity index (χ0) is 14.5. The van der Waals surface area contributed by atoms with Crippen molar-refractivity contribution in [2.24, 2.45) is 0 Å². The number of carbonyl (C=O) groups excluding carboxylic acids is 2. The molecule has 0 aromatic heterocycles. The molecular formula is C13H18N2O4. The van der Waals surface area contributed by atoms with E-state index in [-0.39, 0.29) is 6.61 Å². The van der Waals surface area contributed by atoms with Gasteiger partial charge in [0.2, 0.25) is 0 Å². The maximum absolute atomic E-state index is 11.7. The smallest absolute Gasteiger partial charge is 0.313 e. The van der Waals surface area contributed by atoms with E-state index in [2.05, 4.69) is 10.6 Å². The molecule has 0 saturated carbocycles. The lowest BCUT2D eigenvalue weighted by atomic mass is 10.1. The van der Waals surface area contributed by atoms with Crippen molar-refractivity contribution in [2.45, 2.75) is 19.4 Å². The molecule has 1 aromatic carbocycles. The zero-order valence-electron chi connectivity index (χ0n) is 11.2. The minimum Gasteiger partial charge on any atom is -0.497 e. The molecule has 19 heavy (non-hydrogen) atoms. The van der Waals surface area contributed by atoms with Crippen LogP contribution >= 0.6 is 0 Å². The summed E-state index contributed by atoms with van der Waals surface area (Å²) in [5, 5.41) is 13.9. The van der Waals surface area contributed by atoms with Gasteiger partial charge in [-0.2, -0.15) is 0 Å². The molecule has 0 fully saturated rings. The van der Waals surface area contributed by atoms with Crippen molar-refractivity contribution in [2.75, 3.05) is 19.0 Å². The van der Waals surface area contributed by atoms with Crippen LogP contribution in [0.3, 0.4) is 0 Å². The molecule has 0 unspecified atom stereocenters. The first-order valence-electron chi connectivity index (χ1n) is 5.76. The van der Waals surface area contributed by atoms with Gasteiger partial charge < -0.3 is 20.5 Å². The van der Waals surface area contributed by atoms with Crippen molar-refractivity contribution in [1.29, 1.82) is 0 Å². The van der Waals surface area contributed by atoms with E-state index in [9.17, 15) is 9.59 Å². The van der Waals surface area contributed by atoms with Crippen LogP contribution in [0.15, 0.2) is 24.3 Å². The van der Waals surface area contributed by atoms with E-state index in [1.165, 1.54) is 7.11 Å². The Morgan fingerprint density at radius 3 is 2.58 bits per heavy atom. The number of ether oxygens (including phenoxy) is 1. The lowest BCUT2D eigenvalue weighted by Crippen LogP contribution is -2.50. The van der Waals surface area contributed by atoms with Crippen molar-refractivity contribution in [1.82, 2.24) is 5.32 Å². The second-order valence-corrected chi connectivity index (χ2v) is 4.68. The predicted octanol–water partition coefficient (Wildman–Crippen LogP) is 0.521. The number of carbonyl (C=O) groups is 2. The van der Waals surface area contributed by atoms with Crippen molar-refractivity contribution >= 4 is 17.5 Å². The SMILES string of the molecule is COc1cccc(NC(=O)C(=O)NC(C)(C)CO)c1. The van der Waals surface area contributed by atoms with Crippen molar-refractivity contribution in [3.05, 3.63) is 24.3 Å². The molecule has 0 heterocycles. The Kier molecular flexibility index (Phi) is 4.88. The van der Waals surface area contributed by atoms with Crippen LogP contribution in [-0.4, -0.2) is 36.2 Å². The van der Waals surface area contributed by atoms with Crippen LogP contribution in [-0.2, 0) is 9.59 Å². The Bertz CT molecular complexity index is 471. The highest BCUT2D eigenvalue weighted by Crippen LogP contribution is 2.16. The molecule has 0 saturated heterocycles. The topological polar surface area (TPSA) is 87.7 Å². The van der Waals surface area contributed by atoms with E-state index in [1.54, 1.807) is 38.1 Å². The molecule has 104 valence electrons. The van der Waals surface area contributed by atoms with Gasteiger partial charge in [-0.1, -0.05) is 6.07 Å². The number of hydrogen-bond donors (Lipinski definition) is 3. The van der Waals surface area contributed by atoms with Gasteiger partial charge in [0, 0.05) is 11.8 Å². The summed E-state index contributed by atoms with van der Waals surface area (Å²) in [6.07, 6.45) is 0. The Morgan fingerprint density at radius 1 is 1.32 bits per heavy atom. The van der Waals surface area contributed by atoms with Crippen LogP contribution in [0.4, 0.5) is 5.69 Å². The summed E-state index contributed by atoms with van der Waals surface area (Å²) < 4.78 is 5.01. The number of anilines is 1. The minimum atomic E-state index is -0.844. The molecule has 0 aliphatic carbocycles. The number of benzene rings is 1. The summed E-state index contributed by atoms with van der Waals surface area (Å²) in [6, 6.07) is 6.67. The average molecular weight is 266 g/mol. The second kappa shape index (κ2) is 6.19. The molecule has 0 spiro atoms. The van der Waals surface area contributed by atoms with Gasteiger partial charge in [-0.25, -0.2) is 0 Å². The van der Waals surface area contributed by atoms with Crippen molar-refractivity contribution in [3.63, 3.8) is 0 Å². The summed E-state index contributed by atoms with van der Waals surface area (Å²) in [7, 11) is 1.51. The third-order valence-electron chi connectivity index (χ3n) is 2.38. The normalized spacial score (nSPS) is 10.7. The average Bonchev–Trinajstić information content (AvgIpc) is 2.38. The molecule has 1 aromatic rings. The minimum absolute atomic E-state index is 0.259. The molecule has 0 aliphatic heterocycles. The van der Waals surface area contributed by atoms with Gasteiger partial charge in [0.25, 0.3) is 0 Å². The molecule has 3 N–H and O–H groups in total. The number of aliphatic hydroxyl groups is 1. The Hall–Kier alpha value is -2.08. The number of hydrogen-bond acceptors (Lipinski definition) is 4. The van der Waals surface area contributed by atoms with Crippen LogP contribution < -0.4 is 15.4 Å². The van der Waals surface area contributed by atoms with Crippen LogP contribution in [0.25, 0.3) is 0 Å². The number of aliphatic hydroxyl groups excluding tert-OH is 1. The first kappa shape index (κ1) is 15.0. The fourth-order valence-corrected chi connectivity index (χ4v) is 1.29. The number of rotatable bonds is 4. The van der Waals surface area contributed by atoms with Crippen LogP contribution in [0, 0.1) is 0 Å². The summed E-state index contributed by atoms with van der Waals surface area (Å²) in [4.78, 5) is 23.3. The van der Waals surface area contributed by atoms with E-state index in [0.717, 1.165) is 0 Å². The fraction of sp³-hybridized carbons (Fsp3) is 0.385. The van der Waals surface area contributed by atoms with E-state index < -0.39 is 17.4 Å². The fourth-order valence-electron chi connectivity index (χ4n) is 1.29. The summed E-state index contributed by atoms with van der Waals surface area (Å²) in [5.74, 6) is -1.02. The summed E-state index contributed by atoms with van der Waals surface area (Å²) in [5.41, 5.74) is -0.385. The van der Waals surface area contributed by atoms with Gasteiger partial charge >= 0.3 is 11.8 Å². The maximum atomic E-state index is 11.7. The molecule has 2 amide bonds. The van der Waals surface area contributed by atoms with E-state index in [1.807, 2.05) is 0 Å². The number of amides is 2. The van der Waals surface area contributed by atoms with Gasteiger partial charge in [-0.05, 0) is 26.0 Å². The highest BCUT2D eigenvalue weighted by Gasteiger charge is 2.23. The maximum Gasteiger partial charge on any atom is 0.313 e. The molecule has 0 aliphatic rings. The van der Waals surface area contributed by atoms with Crippen LogP contribution in [0.1, 0.15) is 13.8 Å². The van der Waals surface area contributed by atoms with Crippen LogP contribution in [0.2, 0.25) is 0 Å². The van der Waals surface area contributed by atoms with Crippen molar-refractivity contribution in [3.8, 4) is 5.75 Å². The highest BCUT2D eigenvalue weighted by atomic mass is 16.5. The lowest BCUT2D eigenvalue weighted by molar-refractivity contribution is -0.137. The Balaban J connectivity index is 2.66. The third kappa shape index (κ3) is 4.59. The van der Waals surface area contributed by atoms with Crippen LogP contribution in [0.5, 0.6) is 5.75 Å². The highest BCUT2D eigenvalue weighted by molar-refractivity contribution is 6.39. The van der Waals surface area contributed by atoms with Gasteiger partial charge in [-0.3, -0.25) is 9.59 Å². The molecule has 6 nitrogen and oxygen atoms in total. The second-order valence-electron chi connectivity index (χ2n) is 4.68. The molecule has 0 bridgehead atoms. The number of nitrogens with one attached hydrogen (secondary N) is 2. The molecule has 1 rings (SSSR count). The monoisotopic (exact) mass is 266 g/mol. The Morgan fingerprint density at radius 2 is 2.00 bits per heavy atom. The van der Waals surface area contributed by atoms with Gasteiger partial charge in [0.1, 0.15) is 5.75 Å². The van der Waals surface area contributed by atoms with E-state index >= 15 is 0 Å². The van der Waals surface area contributed by atoms with Gasteiger partial charge in [0.15, 0.2) is 0 Å². The molecule has 0 radical (unpaired) electrons. The standard InChI is InChI=1S/C13H18N2O4/c1-13(2,8-16)15-12(18)11(17)14-9-5-4-6-10(7-9)19-3/h4-7,16H,8H2,1-3H3,(H,14,17)(H,15,18). The largest absolute Gasteiger partial charge is 0.497 e. The molecule has 6 heteroatoms. The summed E-state index contributed by atoms with van der Waals surface area (Å²) >= 11 is 0. The van der Waals surface area contributed by atoms with Gasteiger partial charge in [-0.15, -0.1) is 0 Å². The quantitative estimate of drug-likeness (QED) is 0.693.